The van der Waals surface area contributed by atoms with Crippen molar-refractivity contribution < 1.29 is 28.4 Å². The summed E-state index contributed by atoms with van der Waals surface area (Å²) in [5.74, 6) is -0.625. The number of benzene rings is 1. The molecule has 0 bridgehead atoms. The third-order valence-corrected chi connectivity index (χ3v) is 5.13. The predicted octanol–water partition coefficient (Wildman–Crippen LogP) is 3.08. The summed E-state index contributed by atoms with van der Waals surface area (Å²) in [6.45, 7) is 6.98. The molecule has 2 heterocycles. The molecule has 1 aromatic carbocycles. The van der Waals surface area contributed by atoms with Gasteiger partial charge in [-0.25, -0.2) is 9.48 Å². The zero-order valence-electron chi connectivity index (χ0n) is 19.2. The molecule has 3 rings (SSSR count). The van der Waals surface area contributed by atoms with E-state index in [1.54, 1.807) is 41.9 Å². The molecule has 10 heteroatoms. The maximum Gasteiger partial charge on any atom is 0.338 e. The van der Waals surface area contributed by atoms with Crippen LogP contribution in [0.3, 0.4) is 0 Å². The fraction of sp³-hybridized carbons (Fsp3) is 0.348. The van der Waals surface area contributed by atoms with Gasteiger partial charge < -0.3 is 19.3 Å². The summed E-state index contributed by atoms with van der Waals surface area (Å²) >= 11 is 0. The first-order valence-corrected chi connectivity index (χ1v) is 10.4. The Labute approximate surface area is 190 Å². The van der Waals surface area contributed by atoms with Crippen LogP contribution in [-0.2, 0) is 25.5 Å². The summed E-state index contributed by atoms with van der Waals surface area (Å²) in [6.07, 6.45) is -0.221. The van der Waals surface area contributed by atoms with Gasteiger partial charge in [0.2, 0.25) is 0 Å². The summed E-state index contributed by atoms with van der Waals surface area (Å²) in [5.41, 5.74) is 3.75. The number of carbonyl (C=O) groups is 3. The Hall–Kier alpha value is -3.95. The van der Waals surface area contributed by atoms with E-state index >= 15 is 0 Å². The van der Waals surface area contributed by atoms with Gasteiger partial charge in [-0.2, -0.15) is 5.10 Å². The van der Waals surface area contributed by atoms with Gasteiger partial charge in [0.25, 0.3) is 5.91 Å². The van der Waals surface area contributed by atoms with Crippen LogP contribution < -0.4 is 5.32 Å². The van der Waals surface area contributed by atoms with Crippen LogP contribution in [-0.4, -0.2) is 46.0 Å². The quantitative estimate of drug-likeness (QED) is 0.515. The lowest BCUT2D eigenvalue weighted by molar-refractivity contribution is -0.140. The summed E-state index contributed by atoms with van der Waals surface area (Å²) in [7, 11) is 1.36. The van der Waals surface area contributed by atoms with Crippen LogP contribution in [0.4, 0.5) is 5.82 Å². The molecule has 0 aliphatic carbocycles. The number of anilines is 1. The van der Waals surface area contributed by atoms with Crippen LogP contribution in [0.1, 0.15) is 46.4 Å². The average molecular weight is 454 g/mol. The van der Waals surface area contributed by atoms with Crippen LogP contribution in [0.2, 0.25) is 0 Å². The van der Waals surface area contributed by atoms with E-state index in [4.69, 9.17) is 14.0 Å². The van der Waals surface area contributed by atoms with Crippen molar-refractivity contribution in [3.05, 3.63) is 58.6 Å². The molecule has 0 saturated carbocycles. The van der Waals surface area contributed by atoms with Gasteiger partial charge in [-0.05, 0) is 63.9 Å². The number of nitrogens with zero attached hydrogens (tertiary/aromatic N) is 3. The second kappa shape index (κ2) is 10.1. The molecule has 1 atom stereocenters. The topological polar surface area (TPSA) is 126 Å². The van der Waals surface area contributed by atoms with E-state index in [9.17, 15) is 14.4 Å². The molecule has 174 valence electrons. The first-order chi connectivity index (χ1) is 15.7. The second-order valence-corrected chi connectivity index (χ2v) is 7.54. The molecule has 0 spiro atoms. The minimum atomic E-state index is -1.03. The van der Waals surface area contributed by atoms with E-state index in [1.807, 2.05) is 13.8 Å². The van der Waals surface area contributed by atoms with E-state index in [-0.39, 0.29) is 18.2 Å². The number of esters is 2. The second-order valence-electron chi connectivity index (χ2n) is 7.54. The van der Waals surface area contributed by atoms with Gasteiger partial charge >= 0.3 is 11.9 Å². The molecule has 2 aromatic heterocycles. The molecule has 33 heavy (non-hydrogen) atoms. The highest BCUT2D eigenvalue weighted by Gasteiger charge is 2.21. The summed E-state index contributed by atoms with van der Waals surface area (Å²) in [6, 6.07) is 8.25. The van der Waals surface area contributed by atoms with Crippen LogP contribution in [0.5, 0.6) is 0 Å². The van der Waals surface area contributed by atoms with E-state index in [2.05, 4.69) is 15.6 Å². The molecule has 1 unspecified atom stereocenters. The number of amides is 1. The number of ether oxygens (including phenoxy) is 2. The molecule has 0 radical (unpaired) electrons. The van der Waals surface area contributed by atoms with E-state index in [0.717, 1.165) is 22.6 Å². The van der Waals surface area contributed by atoms with Gasteiger partial charge in [-0.3, -0.25) is 9.59 Å². The van der Waals surface area contributed by atoms with Crippen molar-refractivity contribution >= 4 is 23.7 Å². The Morgan fingerprint density at radius 2 is 1.85 bits per heavy atom. The molecular formula is C23H26N4O6. The van der Waals surface area contributed by atoms with Crippen molar-refractivity contribution in [2.75, 3.05) is 12.4 Å². The average Bonchev–Trinajstić information content (AvgIpc) is 3.33. The molecule has 0 aliphatic rings. The molecule has 10 nitrogen and oxygen atoms in total. The fourth-order valence-corrected chi connectivity index (χ4v) is 3.29. The number of rotatable bonds is 8. The number of hydrogen-bond acceptors (Lipinski definition) is 8. The van der Waals surface area contributed by atoms with Crippen molar-refractivity contribution in [1.29, 1.82) is 0 Å². The number of aryl methyl sites for hydroxylation is 2. The van der Waals surface area contributed by atoms with Gasteiger partial charge in [-0.15, -0.1) is 0 Å². The number of aromatic nitrogens is 3. The van der Waals surface area contributed by atoms with Crippen molar-refractivity contribution in [3.63, 3.8) is 0 Å². The van der Waals surface area contributed by atoms with Gasteiger partial charge in [0, 0.05) is 18.2 Å². The van der Waals surface area contributed by atoms with Gasteiger partial charge in [0.05, 0.1) is 24.1 Å². The van der Waals surface area contributed by atoms with Gasteiger partial charge in [0.15, 0.2) is 11.9 Å². The Morgan fingerprint density at radius 3 is 2.45 bits per heavy atom. The Bertz CT molecular complexity index is 1160. The first-order valence-electron chi connectivity index (χ1n) is 10.4. The molecule has 0 fully saturated rings. The summed E-state index contributed by atoms with van der Waals surface area (Å²) in [4.78, 5) is 36.1. The van der Waals surface area contributed by atoms with E-state index < -0.39 is 18.0 Å². The van der Waals surface area contributed by atoms with Crippen molar-refractivity contribution in [2.45, 2.75) is 46.6 Å². The van der Waals surface area contributed by atoms with Gasteiger partial charge in [0.1, 0.15) is 5.76 Å². The highest BCUT2D eigenvalue weighted by atomic mass is 16.5. The maximum atomic E-state index is 12.5. The highest BCUT2D eigenvalue weighted by molar-refractivity contribution is 5.96. The van der Waals surface area contributed by atoms with Crippen molar-refractivity contribution in [1.82, 2.24) is 14.9 Å². The Morgan fingerprint density at radius 1 is 1.15 bits per heavy atom. The standard InChI is InChI=1S/C23H26N4O6/c1-13-12-20(26-33-13)24-22(29)16(4)32-23(30)17-6-8-18(9-7-17)27-15(3)19(14(2)25-27)10-11-21(28)31-5/h6-9,12,16H,10-11H2,1-5H3,(H,24,26,29). The minimum Gasteiger partial charge on any atom is -0.469 e. The van der Waals surface area contributed by atoms with Crippen LogP contribution in [0, 0.1) is 20.8 Å². The van der Waals surface area contributed by atoms with Crippen molar-refractivity contribution in [3.8, 4) is 5.69 Å². The smallest absolute Gasteiger partial charge is 0.338 e. The number of nitrogens with one attached hydrogen (secondary N) is 1. The summed E-state index contributed by atoms with van der Waals surface area (Å²) < 4.78 is 16.6. The normalized spacial score (nSPS) is 11.7. The lowest BCUT2D eigenvalue weighted by Gasteiger charge is -2.12. The number of carbonyl (C=O) groups excluding carboxylic acids is 3. The van der Waals surface area contributed by atoms with Crippen LogP contribution in [0.15, 0.2) is 34.9 Å². The fourth-order valence-electron chi connectivity index (χ4n) is 3.29. The third-order valence-electron chi connectivity index (χ3n) is 5.13. The minimum absolute atomic E-state index is 0.251. The molecule has 3 aromatic rings. The molecule has 0 aliphatic heterocycles. The monoisotopic (exact) mass is 454 g/mol. The first kappa shape index (κ1) is 23.7. The maximum absolute atomic E-state index is 12.5. The highest BCUT2D eigenvalue weighted by Crippen LogP contribution is 2.20. The van der Waals surface area contributed by atoms with Gasteiger partial charge in [-0.1, -0.05) is 5.16 Å². The van der Waals surface area contributed by atoms with Crippen LogP contribution >= 0.6 is 0 Å². The molecular weight excluding hydrogens is 428 g/mol. The Balaban J connectivity index is 1.65. The lowest BCUT2D eigenvalue weighted by atomic mass is 10.1. The van der Waals surface area contributed by atoms with E-state index in [0.29, 0.717) is 17.7 Å². The van der Waals surface area contributed by atoms with Crippen LogP contribution in [0.25, 0.3) is 5.69 Å². The summed E-state index contributed by atoms with van der Waals surface area (Å²) in [5, 5.41) is 10.8. The molecule has 0 saturated heterocycles. The van der Waals surface area contributed by atoms with Crippen molar-refractivity contribution in [2.24, 2.45) is 0 Å². The SMILES string of the molecule is COC(=O)CCc1c(C)nn(-c2ccc(C(=O)OC(C)C(=O)Nc3cc(C)on3)cc2)c1C. The largest absolute Gasteiger partial charge is 0.469 e. The molecule has 1 N–H and O–H groups in total. The zero-order chi connectivity index (χ0) is 24.1. The number of methoxy groups -OCH3 is 1. The molecule has 1 amide bonds. The Kier molecular flexibility index (Phi) is 7.27. The van der Waals surface area contributed by atoms with E-state index in [1.165, 1.54) is 14.0 Å². The third kappa shape index (κ3) is 5.65. The lowest BCUT2D eigenvalue weighted by Crippen LogP contribution is -2.30. The zero-order valence-corrected chi connectivity index (χ0v) is 19.2. The number of hydrogen-bond donors (Lipinski definition) is 1. The predicted molar refractivity (Wildman–Crippen MR) is 118 cm³/mol.